The molecule has 0 aromatic heterocycles. The maximum atomic E-state index is 12.2. The number of halogens is 1. The van der Waals surface area contributed by atoms with Crippen molar-refractivity contribution in [3.05, 3.63) is 34.9 Å². The van der Waals surface area contributed by atoms with Crippen LogP contribution in [-0.4, -0.2) is 19.8 Å². The van der Waals surface area contributed by atoms with Crippen molar-refractivity contribution in [3.63, 3.8) is 0 Å². The molecule has 0 saturated heterocycles. The van der Waals surface area contributed by atoms with Crippen molar-refractivity contribution in [2.45, 2.75) is 13.3 Å². The summed E-state index contributed by atoms with van der Waals surface area (Å²) in [6.45, 7) is 1.48. The highest BCUT2D eigenvalue weighted by atomic mass is 19.1. The monoisotopic (exact) mass is 196 g/mol. The summed E-state index contributed by atoms with van der Waals surface area (Å²) < 4.78 is 16.7. The number of esters is 1. The Hall–Kier alpha value is -1.38. The lowest BCUT2D eigenvalue weighted by Crippen LogP contribution is -2.03. The van der Waals surface area contributed by atoms with E-state index in [1.54, 1.807) is 18.2 Å². The molecule has 0 fully saturated rings. The van der Waals surface area contributed by atoms with Gasteiger partial charge in [0.15, 0.2) is 0 Å². The van der Waals surface area contributed by atoms with E-state index in [4.69, 9.17) is 0 Å². The average Bonchev–Trinajstić information content (AvgIpc) is 2.20. The molecule has 0 aliphatic heterocycles. The fourth-order valence-electron chi connectivity index (χ4n) is 1.29. The Morgan fingerprint density at radius 2 is 2.21 bits per heavy atom. The van der Waals surface area contributed by atoms with Crippen molar-refractivity contribution in [3.8, 4) is 0 Å². The van der Waals surface area contributed by atoms with Crippen LogP contribution in [0.5, 0.6) is 0 Å². The third-order valence-electron chi connectivity index (χ3n) is 2.13. The predicted octanol–water partition coefficient (Wildman–Crippen LogP) is 2.29. The summed E-state index contributed by atoms with van der Waals surface area (Å²) in [5.41, 5.74) is 2.33. The number of hydrogen-bond acceptors (Lipinski definition) is 2. The maximum absolute atomic E-state index is 12.2. The van der Waals surface area contributed by atoms with Crippen LogP contribution in [0.15, 0.2) is 18.2 Å². The van der Waals surface area contributed by atoms with Gasteiger partial charge < -0.3 is 4.74 Å². The summed E-state index contributed by atoms with van der Waals surface area (Å²) >= 11 is 0. The summed E-state index contributed by atoms with van der Waals surface area (Å²) in [6.07, 6.45) is 0.344. The highest BCUT2D eigenvalue weighted by molar-refractivity contribution is 5.89. The van der Waals surface area contributed by atoms with E-state index >= 15 is 0 Å². The van der Waals surface area contributed by atoms with Gasteiger partial charge in [0, 0.05) is 6.42 Å². The first kappa shape index (κ1) is 10.7. The molecule has 0 radical (unpaired) electrons. The Morgan fingerprint density at radius 3 is 2.79 bits per heavy atom. The molecule has 0 aliphatic carbocycles. The van der Waals surface area contributed by atoms with Gasteiger partial charge in [-0.3, -0.25) is 4.39 Å². The number of carbonyl (C=O) groups excluding carboxylic acids is 1. The zero-order chi connectivity index (χ0) is 10.6. The van der Waals surface area contributed by atoms with Gasteiger partial charge in [-0.1, -0.05) is 6.07 Å². The van der Waals surface area contributed by atoms with Crippen LogP contribution in [0.2, 0.25) is 0 Å². The molecule has 0 N–H and O–H groups in total. The molecule has 1 rings (SSSR count). The van der Waals surface area contributed by atoms with Gasteiger partial charge in [0.25, 0.3) is 0 Å². The Labute approximate surface area is 82.7 Å². The van der Waals surface area contributed by atoms with Gasteiger partial charge in [-0.2, -0.15) is 0 Å². The normalized spacial score (nSPS) is 9.93. The van der Waals surface area contributed by atoms with Crippen LogP contribution in [0.25, 0.3) is 0 Å². The van der Waals surface area contributed by atoms with Gasteiger partial charge in [0.1, 0.15) is 0 Å². The van der Waals surface area contributed by atoms with Crippen LogP contribution in [0.3, 0.4) is 0 Å². The molecule has 0 bridgehead atoms. The van der Waals surface area contributed by atoms with Crippen LogP contribution < -0.4 is 0 Å². The number of carbonyl (C=O) groups is 1. The Kier molecular flexibility index (Phi) is 3.63. The number of benzene rings is 1. The molecule has 0 aliphatic rings. The molecular weight excluding hydrogens is 183 g/mol. The SMILES string of the molecule is COC(=O)c1ccc(C)c(CCF)c1. The van der Waals surface area contributed by atoms with Crippen LogP contribution in [0.4, 0.5) is 4.39 Å². The molecule has 0 amide bonds. The van der Waals surface area contributed by atoms with Crippen LogP contribution in [-0.2, 0) is 11.2 Å². The van der Waals surface area contributed by atoms with Crippen molar-refractivity contribution in [1.29, 1.82) is 0 Å². The lowest BCUT2D eigenvalue weighted by atomic mass is 10.0. The molecule has 2 nitrogen and oxygen atoms in total. The average molecular weight is 196 g/mol. The first-order chi connectivity index (χ1) is 6.69. The lowest BCUT2D eigenvalue weighted by molar-refractivity contribution is 0.0600. The summed E-state index contributed by atoms with van der Waals surface area (Å²) in [4.78, 5) is 11.2. The minimum absolute atomic E-state index is 0.344. The van der Waals surface area contributed by atoms with Gasteiger partial charge >= 0.3 is 5.97 Å². The minimum Gasteiger partial charge on any atom is -0.465 e. The second-order valence-electron chi connectivity index (χ2n) is 3.07. The largest absolute Gasteiger partial charge is 0.465 e. The van der Waals surface area contributed by atoms with Crippen molar-refractivity contribution >= 4 is 5.97 Å². The first-order valence-corrected chi connectivity index (χ1v) is 4.43. The van der Waals surface area contributed by atoms with Gasteiger partial charge in [-0.15, -0.1) is 0 Å². The first-order valence-electron chi connectivity index (χ1n) is 4.43. The fraction of sp³-hybridized carbons (Fsp3) is 0.364. The molecule has 0 spiro atoms. The summed E-state index contributed by atoms with van der Waals surface area (Å²) in [5.74, 6) is -0.384. The van der Waals surface area contributed by atoms with Crippen LogP contribution in [0.1, 0.15) is 21.5 Å². The van der Waals surface area contributed by atoms with Crippen LogP contribution >= 0.6 is 0 Å². The molecular formula is C11H13FO2. The Balaban J connectivity index is 2.99. The molecule has 3 heteroatoms. The molecule has 1 aromatic carbocycles. The smallest absolute Gasteiger partial charge is 0.337 e. The van der Waals surface area contributed by atoms with Crippen molar-refractivity contribution in [1.82, 2.24) is 0 Å². The number of methoxy groups -OCH3 is 1. The highest BCUT2D eigenvalue weighted by Crippen LogP contribution is 2.12. The van der Waals surface area contributed by atoms with E-state index in [1.807, 2.05) is 6.92 Å². The quantitative estimate of drug-likeness (QED) is 0.693. The Morgan fingerprint density at radius 1 is 1.50 bits per heavy atom. The number of ether oxygens (including phenoxy) is 1. The van der Waals surface area contributed by atoms with E-state index in [0.717, 1.165) is 11.1 Å². The van der Waals surface area contributed by atoms with Gasteiger partial charge in [-0.25, -0.2) is 4.79 Å². The van der Waals surface area contributed by atoms with Crippen molar-refractivity contribution in [2.75, 3.05) is 13.8 Å². The topological polar surface area (TPSA) is 26.3 Å². The standard InChI is InChI=1S/C11H13FO2/c1-8-3-4-10(11(13)14-2)7-9(8)5-6-12/h3-4,7H,5-6H2,1-2H3. The summed E-state index contributed by atoms with van der Waals surface area (Å²) in [6, 6.07) is 5.17. The lowest BCUT2D eigenvalue weighted by Gasteiger charge is -2.05. The van der Waals surface area contributed by atoms with E-state index in [0.29, 0.717) is 12.0 Å². The second kappa shape index (κ2) is 4.74. The molecule has 76 valence electrons. The number of hydrogen-bond donors (Lipinski definition) is 0. The van der Waals surface area contributed by atoms with Gasteiger partial charge in [0.2, 0.25) is 0 Å². The number of alkyl halides is 1. The number of rotatable bonds is 3. The molecule has 0 unspecified atom stereocenters. The highest BCUT2D eigenvalue weighted by Gasteiger charge is 2.07. The van der Waals surface area contributed by atoms with E-state index < -0.39 is 6.67 Å². The zero-order valence-corrected chi connectivity index (χ0v) is 8.34. The van der Waals surface area contributed by atoms with Crippen molar-refractivity contribution < 1.29 is 13.9 Å². The van der Waals surface area contributed by atoms with Gasteiger partial charge in [0.05, 0.1) is 19.3 Å². The summed E-state index contributed by atoms with van der Waals surface area (Å²) in [5, 5.41) is 0. The van der Waals surface area contributed by atoms with E-state index in [1.165, 1.54) is 7.11 Å². The number of aryl methyl sites for hydroxylation is 2. The summed E-state index contributed by atoms with van der Waals surface area (Å²) in [7, 11) is 1.33. The van der Waals surface area contributed by atoms with Crippen molar-refractivity contribution in [2.24, 2.45) is 0 Å². The molecule has 1 aromatic rings. The zero-order valence-electron chi connectivity index (χ0n) is 8.34. The third kappa shape index (κ3) is 2.31. The third-order valence-corrected chi connectivity index (χ3v) is 2.13. The van der Waals surface area contributed by atoms with Gasteiger partial charge in [-0.05, 0) is 30.2 Å². The maximum Gasteiger partial charge on any atom is 0.337 e. The molecule has 0 heterocycles. The fourth-order valence-corrected chi connectivity index (χ4v) is 1.29. The predicted molar refractivity (Wildman–Crippen MR) is 52.2 cm³/mol. The van der Waals surface area contributed by atoms with Crippen LogP contribution in [0, 0.1) is 6.92 Å². The second-order valence-corrected chi connectivity index (χ2v) is 3.07. The van der Waals surface area contributed by atoms with E-state index in [9.17, 15) is 9.18 Å². The molecule has 0 atom stereocenters. The Bertz CT molecular complexity index is 334. The molecule has 0 saturated carbocycles. The minimum atomic E-state index is -0.411. The van der Waals surface area contributed by atoms with E-state index in [-0.39, 0.29) is 5.97 Å². The van der Waals surface area contributed by atoms with E-state index in [2.05, 4.69) is 4.74 Å². The molecule has 14 heavy (non-hydrogen) atoms.